The summed E-state index contributed by atoms with van der Waals surface area (Å²) >= 11 is 0. The van der Waals surface area contributed by atoms with Gasteiger partial charge < -0.3 is 9.63 Å². The van der Waals surface area contributed by atoms with E-state index in [-0.39, 0.29) is 0 Å². The summed E-state index contributed by atoms with van der Waals surface area (Å²) in [7, 11) is 0. The molecule has 0 radical (unpaired) electrons. The second-order valence-corrected chi connectivity index (χ2v) is 7.05. The zero-order valence-electron chi connectivity index (χ0n) is 14.6. The second kappa shape index (κ2) is 6.89. The van der Waals surface area contributed by atoms with Gasteiger partial charge >= 0.3 is 0 Å². The fourth-order valence-electron chi connectivity index (χ4n) is 3.76. The molecule has 0 bridgehead atoms. The Kier molecular flexibility index (Phi) is 4.45. The summed E-state index contributed by atoms with van der Waals surface area (Å²) in [4.78, 5) is 2.43. The molecule has 4 rings (SSSR count). The average Bonchev–Trinajstić information content (AvgIpc) is 3.03. The molecular formula is C21H24N2O2. The summed E-state index contributed by atoms with van der Waals surface area (Å²) in [5.41, 5.74) is 3.72. The van der Waals surface area contributed by atoms with Gasteiger partial charge in [-0.05, 0) is 44.0 Å². The van der Waals surface area contributed by atoms with Crippen molar-refractivity contribution in [1.29, 1.82) is 0 Å². The quantitative estimate of drug-likeness (QED) is 0.762. The lowest BCUT2D eigenvalue weighted by Gasteiger charge is -2.33. The van der Waals surface area contributed by atoms with Gasteiger partial charge in [-0.2, -0.15) is 0 Å². The number of hydrogen-bond donors (Lipinski definition) is 1. The van der Waals surface area contributed by atoms with Gasteiger partial charge in [-0.1, -0.05) is 41.9 Å². The smallest absolute Gasteiger partial charge is 0.175 e. The Labute approximate surface area is 148 Å². The molecule has 0 aliphatic carbocycles. The van der Waals surface area contributed by atoms with Crippen LogP contribution >= 0.6 is 0 Å². The molecule has 0 saturated carbocycles. The molecule has 0 spiro atoms. The van der Waals surface area contributed by atoms with Crippen molar-refractivity contribution >= 4 is 11.0 Å². The van der Waals surface area contributed by atoms with Crippen molar-refractivity contribution in [3.63, 3.8) is 0 Å². The third kappa shape index (κ3) is 3.27. The second-order valence-electron chi connectivity index (χ2n) is 7.05. The molecule has 4 nitrogen and oxygen atoms in total. The van der Waals surface area contributed by atoms with Crippen LogP contribution in [-0.2, 0) is 13.0 Å². The number of benzene rings is 2. The van der Waals surface area contributed by atoms with Crippen molar-refractivity contribution in [3.05, 3.63) is 59.3 Å². The van der Waals surface area contributed by atoms with Crippen LogP contribution in [0.15, 0.2) is 47.0 Å². The summed E-state index contributed by atoms with van der Waals surface area (Å²) in [6.07, 6.45) is 4.46. The van der Waals surface area contributed by atoms with Crippen molar-refractivity contribution in [1.82, 2.24) is 10.1 Å². The average molecular weight is 336 g/mol. The number of phenolic OH excluding ortho intramolecular Hbond substituents is 1. The number of phenols is 1. The number of hydrogen-bond acceptors (Lipinski definition) is 4. The zero-order valence-corrected chi connectivity index (χ0v) is 14.6. The maximum absolute atomic E-state index is 10.4. The predicted molar refractivity (Wildman–Crippen MR) is 98.6 cm³/mol. The van der Waals surface area contributed by atoms with Gasteiger partial charge in [-0.3, -0.25) is 4.90 Å². The maximum atomic E-state index is 10.4. The molecule has 1 aliphatic rings. The minimum Gasteiger partial charge on any atom is -0.507 e. The fraction of sp³-hybridized carbons (Fsp3) is 0.381. The molecule has 1 atom stereocenters. The molecule has 1 aromatic heterocycles. The zero-order chi connectivity index (χ0) is 17.2. The largest absolute Gasteiger partial charge is 0.507 e. The number of rotatable bonds is 4. The summed E-state index contributed by atoms with van der Waals surface area (Å²) < 4.78 is 5.67. The van der Waals surface area contributed by atoms with Crippen LogP contribution in [0.4, 0.5) is 0 Å². The van der Waals surface area contributed by atoms with Gasteiger partial charge in [0.1, 0.15) is 5.75 Å². The number of aromatic nitrogens is 1. The molecule has 1 N–H and O–H groups in total. The van der Waals surface area contributed by atoms with E-state index in [1.807, 2.05) is 24.3 Å². The summed E-state index contributed by atoms with van der Waals surface area (Å²) in [6, 6.07) is 14.5. The van der Waals surface area contributed by atoms with Crippen LogP contribution in [0.5, 0.6) is 5.75 Å². The van der Waals surface area contributed by atoms with E-state index < -0.39 is 0 Å². The molecule has 3 aromatic rings. The third-order valence-electron chi connectivity index (χ3n) is 5.31. The lowest BCUT2D eigenvalue weighted by Crippen LogP contribution is -2.36. The molecule has 25 heavy (non-hydrogen) atoms. The Bertz CT molecular complexity index is 857. The lowest BCUT2D eigenvalue weighted by molar-refractivity contribution is 0.151. The Hall–Kier alpha value is -2.33. The van der Waals surface area contributed by atoms with Gasteiger partial charge in [-0.25, -0.2) is 0 Å². The molecular weight excluding hydrogens is 312 g/mol. The van der Waals surface area contributed by atoms with E-state index in [2.05, 4.69) is 29.1 Å². The summed E-state index contributed by atoms with van der Waals surface area (Å²) in [5.74, 6) is 0.299. The SMILES string of the molecule is CC1CCCCN1Cc1c(O)ccc2c(Cc3ccccc3)noc12. The highest BCUT2D eigenvalue weighted by Crippen LogP contribution is 2.32. The van der Waals surface area contributed by atoms with Crippen molar-refractivity contribution in [2.45, 2.75) is 45.2 Å². The van der Waals surface area contributed by atoms with E-state index >= 15 is 0 Å². The Morgan fingerprint density at radius 2 is 2.00 bits per heavy atom. The molecule has 1 aliphatic heterocycles. The topological polar surface area (TPSA) is 49.5 Å². The molecule has 2 aromatic carbocycles. The third-order valence-corrected chi connectivity index (χ3v) is 5.31. The van der Waals surface area contributed by atoms with Crippen LogP contribution in [0.2, 0.25) is 0 Å². The maximum Gasteiger partial charge on any atom is 0.175 e. The first-order chi connectivity index (χ1) is 12.2. The van der Waals surface area contributed by atoms with E-state index in [0.717, 1.165) is 35.2 Å². The molecule has 1 saturated heterocycles. The van der Waals surface area contributed by atoms with Gasteiger partial charge in [-0.15, -0.1) is 0 Å². The summed E-state index contributed by atoms with van der Waals surface area (Å²) in [6.45, 7) is 4.05. The van der Waals surface area contributed by atoms with Crippen molar-refractivity contribution in [2.75, 3.05) is 6.54 Å². The highest BCUT2D eigenvalue weighted by Gasteiger charge is 2.23. The first-order valence-electron chi connectivity index (χ1n) is 9.09. The fourth-order valence-corrected chi connectivity index (χ4v) is 3.76. The number of aromatic hydroxyl groups is 1. The standard InChI is InChI=1S/C21H24N2O2/c1-15-7-5-6-12-23(15)14-18-20(24)11-10-17-19(22-25-21(17)18)13-16-8-3-2-4-9-16/h2-4,8-11,15,24H,5-7,12-14H2,1H3. The molecule has 130 valence electrons. The predicted octanol–water partition coefficient (Wildman–Crippen LogP) is 4.50. The Morgan fingerprint density at radius 3 is 2.80 bits per heavy atom. The van der Waals surface area contributed by atoms with E-state index in [1.54, 1.807) is 6.07 Å². The van der Waals surface area contributed by atoms with Gasteiger partial charge in [0.2, 0.25) is 0 Å². The number of piperidine rings is 1. The van der Waals surface area contributed by atoms with E-state index in [4.69, 9.17) is 4.52 Å². The van der Waals surface area contributed by atoms with E-state index in [9.17, 15) is 5.11 Å². The number of likely N-dealkylation sites (tertiary alicyclic amines) is 1. The summed E-state index contributed by atoms with van der Waals surface area (Å²) in [5, 5.41) is 15.7. The first-order valence-corrected chi connectivity index (χ1v) is 9.09. The molecule has 2 heterocycles. The monoisotopic (exact) mass is 336 g/mol. The molecule has 4 heteroatoms. The van der Waals surface area contributed by atoms with Crippen LogP contribution < -0.4 is 0 Å². The van der Waals surface area contributed by atoms with Crippen molar-refractivity contribution in [2.24, 2.45) is 0 Å². The van der Waals surface area contributed by atoms with Crippen LogP contribution in [0.1, 0.15) is 43.0 Å². The van der Waals surface area contributed by atoms with Crippen LogP contribution in [0.25, 0.3) is 11.0 Å². The van der Waals surface area contributed by atoms with Gasteiger partial charge in [0.25, 0.3) is 0 Å². The van der Waals surface area contributed by atoms with Crippen LogP contribution in [0, 0.1) is 0 Å². The molecule has 0 amide bonds. The minimum atomic E-state index is 0.299. The van der Waals surface area contributed by atoms with Crippen molar-refractivity contribution in [3.8, 4) is 5.75 Å². The van der Waals surface area contributed by atoms with E-state index in [1.165, 1.54) is 24.8 Å². The van der Waals surface area contributed by atoms with Gasteiger partial charge in [0.15, 0.2) is 5.58 Å². The normalized spacial score (nSPS) is 18.7. The Morgan fingerprint density at radius 1 is 1.16 bits per heavy atom. The molecule has 1 unspecified atom stereocenters. The van der Waals surface area contributed by atoms with Gasteiger partial charge in [0.05, 0.1) is 11.3 Å². The lowest BCUT2D eigenvalue weighted by atomic mass is 10.0. The highest BCUT2D eigenvalue weighted by molar-refractivity contribution is 5.84. The minimum absolute atomic E-state index is 0.299. The van der Waals surface area contributed by atoms with Gasteiger partial charge in [0, 0.05) is 24.4 Å². The van der Waals surface area contributed by atoms with Crippen molar-refractivity contribution < 1.29 is 9.63 Å². The first kappa shape index (κ1) is 16.2. The van der Waals surface area contributed by atoms with Crippen LogP contribution in [0.3, 0.4) is 0 Å². The number of nitrogens with zero attached hydrogens (tertiary/aromatic N) is 2. The Balaban J connectivity index is 1.66. The molecule has 1 fully saturated rings. The van der Waals surface area contributed by atoms with Crippen LogP contribution in [-0.4, -0.2) is 27.7 Å². The number of fused-ring (bicyclic) bond motifs is 1. The highest BCUT2D eigenvalue weighted by atomic mass is 16.5. The van der Waals surface area contributed by atoms with E-state index in [0.29, 0.717) is 18.3 Å².